The Morgan fingerprint density at radius 3 is 2.62 bits per heavy atom. The number of aromatic amines is 1. The van der Waals surface area contributed by atoms with E-state index in [1.54, 1.807) is 12.1 Å². The number of likely N-dealkylation sites (tertiary alicyclic amines) is 1. The summed E-state index contributed by atoms with van der Waals surface area (Å²) in [6, 6.07) is 9.22. The molecule has 0 bridgehead atoms. The lowest BCUT2D eigenvalue weighted by Crippen LogP contribution is -2.44. The predicted octanol–water partition coefficient (Wildman–Crippen LogP) is 3.70. The number of phenols is 1. The Hall–Kier alpha value is -3.12. The standard InChI is InChI=1S/C27H30ClF3N4O4/c28-21-4-1-17(27(29,30)31)13-16(21)14-33-24(38)9-12-35-10-7-18(8-11-35)32-15-23(37)19-2-5-22(36)26-20(19)3-6-25(39)34-26/h1-6,13,18,23,32,36-37H,7-12,14-15H2,(H,33,38)(H,34,39). The van der Waals surface area contributed by atoms with E-state index in [1.165, 1.54) is 18.2 Å². The zero-order valence-corrected chi connectivity index (χ0v) is 21.8. The zero-order valence-electron chi connectivity index (χ0n) is 21.0. The summed E-state index contributed by atoms with van der Waals surface area (Å²) in [5.74, 6) is -0.332. The Morgan fingerprint density at radius 2 is 1.90 bits per heavy atom. The van der Waals surface area contributed by atoms with Crippen molar-refractivity contribution >= 4 is 28.4 Å². The Balaban J connectivity index is 1.19. The Labute approximate surface area is 227 Å². The number of nitrogens with zero attached hydrogens (tertiary/aromatic N) is 1. The molecule has 1 saturated heterocycles. The summed E-state index contributed by atoms with van der Waals surface area (Å²) in [7, 11) is 0. The highest BCUT2D eigenvalue weighted by molar-refractivity contribution is 6.31. The normalized spacial score (nSPS) is 15.9. The number of alkyl halides is 3. The van der Waals surface area contributed by atoms with Crippen molar-refractivity contribution in [1.29, 1.82) is 0 Å². The molecule has 3 aromatic rings. The van der Waals surface area contributed by atoms with Gasteiger partial charge in [-0.05, 0) is 67.4 Å². The number of H-pyrrole nitrogens is 1. The topological polar surface area (TPSA) is 118 Å². The zero-order chi connectivity index (χ0) is 28.2. The molecule has 4 rings (SSSR count). The first-order valence-corrected chi connectivity index (χ1v) is 13.0. The van der Waals surface area contributed by atoms with E-state index >= 15 is 0 Å². The average molecular weight is 567 g/mol. The molecule has 1 aromatic heterocycles. The Kier molecular flexibility index (Phi) is 9.16. The number of carbonyl (C=O) groups excluding carboxylic acids is 1. The number of benzene rings is 2. The third kappa shape index (κ3) is 7.51. The van der Waals surface area contributed by atoms with Crippen molar-refractivity contribution in [2.75, 3.05) is 26.2 Å². The SMILES string of the molecule is O=C(CCN1CCC(NCC(O)c2ccc(O)c3[nH]c(=O)ccc23)CC1)NCc1cc(C(F)(F)F)ccc1Cl. The fourth-order valence-corrected chi connectivity index (χ4v) is 4.91. The summed E-state index contributed by atoms with van der Waals surface area (Å²) >= 11 is 5.99. The van der Waals surface area contributed by atoms with Crippen LogP contribution in [0.25, 0.3) is 10.9 Å². The lowest BCUT2D eigenvalue weighted by Gasteiger charge is -2.32. The molecule has 1 aliphatic heterocycles. The van der Waals surface area contributed by atoms with Crippen molar-refractivity contribution in [2.45, 2.75) is 44.1 Å². The monoisotopic (exact) mass is 566 g/mol. The first-order chi connectivity index (χ1) is 18.5. The van der Waals surface area contributed by atoms with E-state index in [-0.39, 0.29) is 52.3 Å². The smallest absolute Gasteiger partial charge is 0.416 e. The van der Waals surface area contributed by atoms with Crippen LogP contribution in [-0.2, 0) is 17.5 Å². The summed E-state index contributed by atoms with van der Waals surface area (Å²) < 4.78 is 38.8. The highest BCUT2D eigenvalue weighted by Crippen LogP contribution is 2.32. The van der Waals surface area contributed by atoms with Crippen LogP contribution in [0.2, 0.25) is 5.02 Å². The number of piperidine rings is 1. The largest absolute Gasteiger partial charge is 0.506 e. The Morgan fingerprint density at radius 1 is 1.15 bits per heavy atom. The number of aliphatic hydroxyl groups is 1. The van der Waals surface area contributed by atoms with E-state index in [4.69, 9.17) is 11.6 Å². The van der Waals surface area contributed by atoms with Crippen LogP contribution in [0.3, 0.4) is 0 Å². The quantitative estimate of drug-likeness (QED) is 0.270. The van der Waals surface area contributed by atoms with Gasteiger partial charge in [-0.1, -0.05) is 17.7 Å². The maximum absolute atomic E-state index is 12.9. The third-order valence-electron chi connectivity index (χ3n) is 6.96. The molecule has 0 radical (unpaired) electrons. The van der Waals surface area contributed by atoms with Gasteiger partial charge in [-0.3, -0.25) is 9.59 Å². The van der Waals surface area contributed by atoms with Gasteiger partial charge in [-0.2, -0.15) is 13.2 Å². The van der Waals surface area contributed by atoms with Crippen LogP contribution in [0.1, 0.15) is 42.1 Å². The van der Waals surface area contributed by atoms with Crippen molar-refractivity contribution in [1.82, 2.24) is 20.5 Å². The van der Waals surface area contributed by atoms with Crippen LogP contribution in [0.15, 0.2) is 47.3 Å². The molecule has 1 atom stereocenters. The van der Waals surface area contributed by atoms with Gasteiger partial charge in [0.2, 0.25) is 11.5 Å². The molecule has 2 aromatic carbocycles. The van der Waals surface area contributed by atoms with Gasteiger partial charge in [-0.25, -0.2) is 0 Å². The van der Waals surface area contributed by atoms with Crippen LogP contribution >= 0.6 is 11.6 Å². The summed E-state index contributed by atoms with van der Waals surface area (Å²) in [5.41, 5.74) is -0.0573. The molecule has 1 amide bonds. The van der Waals surface area contributed by atoms with Crippen LogP contribution in [0.4, 0.5) is 13.2 Å². The fourth-order valence-electron chi connectivity index (χ4n) is 4.73. The number of hydrogen-bond donors (Lipinski definition) is 5. The molecule has 8 nitrogen and oxygen atoms in total. The molecule has 1 unspecified atom stereocenters. The van der Waals surface area contributed by atoms with Crippen molar-refractivity contribution in [3.8, 4) is 5.75 Å². The minimum absolute atomic E-state index is 0.0629. The lowest BCUT2D eigenvalue weighted by atomic mass is 10.0. The molecule has 39 heavy (non-hydrogen) atoms. The molecule has 5 N–H and O–H groups in total. The summed E-state index contributed by atoms with van der Waals surface area (Å²) in [6.45, 7) is 2.25. The number of phenolic OH excluding ortho intramolecular Hbond substituents is 1. The van der Waals surface area contributed by atoms with Crippen LogP contribution in [-0.4, -0.2) is 58.2 Å². The molecule has 12 heteroatoms. The molecular formula is C27H30ClF3N4O4. The van der Waals surface area contributed by atoms with Gasteiger partial charge in [0, 0.05) is 48.6 Å². The first kappa shape index (κ1) is 28.9. The van der Waals surface area contributed by atoms with Gasteiger partial charge in [0.15, 0.2) is 0 Å². The molecule has 1 fully saturated rings. The van der Waals surface area contributed by atoms with Crippen molar-refractivity contribution in [3.63, 3.8) is 0 Å². The van der Waals surface area contributed by atoms with Crippen molar-refractivity contribution in [3.05, 3.63) is 74.5 Å². The second-order valence-corrected chi connectivity index (χ2v) is 10.1. The number of pyridine rings is 1. The van der Waals surface area contributed by atoms with E-state index in [1.807, 2.05) is 0 Å². The van der Waals surface area contributed by atoms with Gasteiger partial charge < -0.3 is 30.7 Å². The number of aromatic hydroxyl groups is 1. The van der Waals surface area contributed by atoms with E-state index in [0.717, 1.165) is 38.1 Å². The number of hydrogen-bond acceptors (Lipinski definition) is 6. The molecule has 0 aliphatic carbocycles. The number of carbonyl (C=O) groups is 1. The number of halogens is 4. The molecule has 0 saturated carbocycles. The number of fused-ring (bicyclic) bond motifs is 1. The number of amides is 1. The molecule has 1 aliphatic rings. The van der Waals surface area contributed by atoms with Gasteiger partial charge in [-0.15, -0.1) is 0 Å². The maximum Gasteiger partial charge on any atom is 0.416 e. The highest BCUT2D eigenvalue weighted by atomic mass is 35.5. The lowest BCUT2D eigenvalue weighted by molar-refractivity contribution is -0.137. The van der Waals surface area contributed by atoms with Crippen LogP contribution in [0, 0.1) is 0 Å². The third-order valence-corrected chi connectivity index (χ3v) is 7.33. The summed E-state index contributed by atoms with van der Waals surface area (Å²) in [6.07, 6.45) is -3.48. The second-order valence-electron chi connectivity index (χ2n) is 9.66. The fraction of sp³-hybridized carbons (Fsp3) is 0.407. The minimum Gasteiger partial charge on any atom is -0.506 e. The van der Waals surface area contributed by atoms with E-state index < -0.39 is 17.8 Å². The molecular weight excluding hydrogens is 537 g/mol. The van der Waals surface area contributed by atoms with Gasteiger partial charge in [0.1, 0.15) is 5.75 Å². The van der Waals surface area contributed by atoms with E-state index in [2.05, 4.69) is 20.5 Å². The average Bonchev–Trinajstić information content (AvgIpc) is 2.90. The number of aromatic nitrogens is 1. The number of rotatable bonds is 9. The summed E-state index contributed by atoms with van der Waals surface area (Å²) in [4.78, 5) is 28.6. The molecule has 0 spiro atoms. The predicted molar refractivity (Wildman–Crippen MR) is 142 cm³/mol. The van der Waals surface area contributed by atoms with Crippen LogP contribution in [0.5, 0.6) is 5.75 Å². The second kappa shape index (κ2) is 12.4. The van der Waals surface area contributed by atoms with E-state index in [0.29, 0.717) is 24.0 Å². The maximum atomic E-state index is 12.9. The highest BCUT2D eigenvalue weighted by Gasteiger charge is 2.31. The number of nitrogens with one attached hydrogen (secondary N) is 3. The van der Waals surface area contributed by atoms with Gasteiger partial charge >= 0.3 is 6.18 Å². The van der Waals surface area contributed by atoms with Gasteiger partial charge in [0.25, 0.3) is 0 Å². The number of aliphatic hydroxyl groups excluding tert-OH is 1. The molecule has 210 valence electrons. The van der Waals surface area contributed by atoms with Crippen LogP contribution < -0.4 is 16.2 Å². The molecule has 2 heterocycles. The van der Waals surface area contributed by atoms with Gasteiger partial charge in [0.05, 0.1) is 17.2 Å². The van der Waals surface area contributed by atoms with Crippen molar-refractivity contribution in [2.24, 2.45) is 0 Å². The summed E-state index contributed by atoms with van der Waals surface area (Å²) in [5, 5.41) is 27.5. The van der Waals surface area contributed by atoms with E-state index in [9.17, 15) is 33.0 Å². The minimum atomic E-state index is -4.48. The Bertz CT molecular complexity index is 1370. The first-order valence-electron chi connectivity index (χ1n) is 12.6. The van der Waals surface area contributed by atoms with Crippen molar-refractivity contribution < 1.29 is 28.2 Å².